The van der Waals surface area contributed by atoms with Gasteiger partial charge >= 0.3 is 5.97 Å². The zero-order valence-corrected chi connectivity index (χ0v) is 20.1. The molecule has 1 fully saturated rings. The van der Waals surface area contributed by atoms with Crippen LogP contribution in [0.1, 0.15) is 30.6 Å². The van der Waals surface area contributed by atoms with E-state index in [0.717, 1.165) is 12.5 Å². The van der Waals surface area contributed by atoms with Crippen molar-refractivity contribution in [3.8, 4) is 0 Å². The lowest BCUT2D eigenvalue weighted by Gasteiger charge is -2.34. The van der Waals surface area contributed by atoms with Gasteiger partial charge in [-0.3, -0.25) is 14.9 Å². The summed E-state index contributed by atoms with van der Waals surface area (Å²) in [6.07, 6.45) is 0.970. The maximum Gasteiger partial charge on any atom is 0.338 e. The van der Waals surface area contributed by atoms with Crippen LogP contribution in [-0.2, 0) is 19.6 Å². The van der Waals surface area contributed by atoms with Gasteiger partial charge in [0.2, 0.25) is 10.0 Å². The maximum absolute atomic E-state index is 12.9. The highest BCUT2D eigenvalue weighted by Crippen LogP contribution is 2.28. The number of hydrogen-bond acceptors (Lipinski definition) is 7. The maximum atomic E-state index is 12.9. The number of halogens is 1. The Balaban J connectivity index is 1.60. The SMILES string of the molecule is C[C@H]1C[C@H](C)CN(S(=O)(=O)c2ccc(C(=O)OCC(=O)Nc3cc([N+](=O)[O-])ccc3Cl)cc2)C1. The number of anilines is 1. The van der Waals surface area contributed by atoms with Crippen LogP contribution in [0.3, 0.4) is 0 Å². The summed E-state index contributed by atoms with van der Waals surface area (Å²) in [7, 11) is -3.69. The number of nitrogens with one attached hydrogen (secondary N) is 1. The second-order valence-electron chi connectivity index (χ2n) is 8.34. The van der Waals surface area contributed by atoms with Crippen molar-refractivity contribution in [2.75, 3.05) is 25.0 Å². The lowest BCUT2D eigenvalue weighted by atomic mass is 9.94. The molecule has 1 aliphatic heterocycles. The fraction of sp³-hybridized carbons (Fsp3) is 0.364. The minimum absolute atomic E-state index is 0.00725. The molecule has 0 saturated carbocycles. The Morgan fingerprint density at radius 3 is 2.35 bits per heavy atom. The van der Waals surface area contributed by atoms with Crippen LogP contribution < -0.4 is 5.32 Å². The first-order chi connectivity index (χ1) is 16.0. The summed E-state index contributed by atoms with van der Waals surface area (Å²) in [5.74, 6) is -1.06. The van der Waals surface area contributed by atoms with E-state index in [4.69, 9.17) is 16.3 Å². The van der Waals surface area contributed by atoms with Crippen LogP contribution in [0.15, 0.2) is 47.4 Å². The molecule has 1 heterocycles. The van der Waals surface area contributed by atoms with Crippen LogP contribution in [0.4, 0.5) is 11.4 Å². The summed E-state index contributed by atoms with van der Waals surface area (Å²) < 4.78 is 32.3. The molecule has 0 aromatic heterocycles. The summed E-state index contributed by atoms with van der Waals surface area (Å²) in [6.45, 7) is 4.25. The average molecular weight is 510 g/mol. The van der Waals surface area contributed by atoms with Crippen molar-refractivity contribution in [2.24, 2.45) is 11.8 Å². The minimum atomic E-state index is -3.69. The third-order valence-corrected chi connectivity index (χ3v) is 7.51. The van der Waals surface area contributed by atoms with Crippen LogP contribution in [0.5, 0.6) is 0 Å². The molecule has 2 atom stereocenters. The second kappa shape index (κ2) is 10.5. The number of sulfonamides is 1. The van der Waals surface area contributed by atoms with Crippen LogP contribution >= 0.6 is 11.6 Å². The van der Waals surface area contributed by atoms with E-state index in [1.807, 2.05) is 13.8 Å². The summed E-state index contributed by atoms with van der Waals surface area (Å²) in [6, 6.07) is 8.85. The first kappa shape index (κ1) is 25.6. The lowest BCUT2D eigenvalue weighted by molar-refractivity contribution is -0.384. The number of nitrogens with zero attached hydrogens (tertiary/aromatic N) is 2. The van der Waals surface area contributed by atoms with Crippen LogP contribution in [-0.4, -0.2) is 49.2 Å². The fourth-order valence-electron chi connectivity index (χ4n) is 3.84. The number of nitro benzene ring substituents is 1. The van der Waals surface area contributed by atoms with Gasteiger partial charge in [0.1, 0.15) is 0 Å². The van der Waals surface area contributed by atoms with E-state index in [0.29, 0.717) is 13.1 Å². The number of benzene rings is 2. The Hall–Kier alpha value is -3.02. The number of hydrogen-bond donors (Lipinski definition) is 1. The number of non-ortho nitro benzene ring substituents is 1. The van der Waals surface area contributed by atoms with Crippen LogP contribution in [0.2, 0.25) is 5.02 Å². The van der Waals surface area contributed by atoms with Gasteiger partial charge in [0.25, 0.3) is 11.6 Å². The van der Waals surface area contributed by atoms with Crippen molar-refractivity contribution >= 4 is 44.9 Å². The van der Waals surface area contributed by atoms with Gasteiger partial charge in [-0.15, -0.1) is 0 Å². The summed E-state index contributed by atoms with van der Waals surface area (Å²) >= 11 is 5.93. The molecular formula is C22H24ClN3O7S. The first-order valence-corrected chi connectivity index (χ1v) is 12.3. The molecule has 3 rings (SSSR count). The molecule has 0 spiro atoms. The molecule has 0 unspecified atom stereocenters. The molecule has 1 amide bonds. The van der Waals surface area contributed by atoms with E-state index in [1.165, 1.54) is 40.7 Å². The molecular weight excluding hydrogens is 486 g/mol. The van der Waals surface area contributed by atoms with E-state index in [9.17, 15) is 28.1 Å². The van der Waals surface area contributed by atoms with Crippen molar-refractivity contribution in [3.05, 3.63) is 63.2 Å². The predicted octanol–water partition coefficient (Wildman–Crippen LogP) is 3.71. The number of esters is 1. The zero-order chi connectivity index (χ0) is 25.0. The normalized spacial score (nSPS) is 18.8. The summed E-state index contributed by atoms with van der Waals surface area (Å²) in [5, 5.41) is 13.3. The number of rotatable bonds is 7. The Bertz CT molecular complexity index is 1190. The highest BCUT2D eigenvalue weighted by Gasteiger charge is 2.31. The fourth-order valence-corrected chi connectivity index (χ4v) is 5.68. The Kier molecular flexibility index (Phi) is 7.90. The highest BCUT2D eigenvalue weighted by molar-refractivity contribution is 7.89. The topological polar surface area (TPSA) is 136 Å². The number of ether oxygens (including phenoxy) is 1. The van der Waals surface area contributed by atoms with Crippen molar-refractivity contribution in [2.45, 2.75) is 25.2 Å². The summed E-state index contributed by atoms with van der Waals surface area (Å²) in [4.78, 5) is 34.7. The Morgan fingerprint density at radius 2 is 1.76 bits per heavy atom. The molecule has 10 nitrogen and oxygen atoms in total. The molecule has 2 aromatic rings. The number of amides is 1. The standard InChI is InChI=1S/C22H24ClN3O7S/c1-14-9-15(2)12-25(11-14)34(31,32)18-6-3-16(4-7-18)22(28)33-13-21(27)24-20-10-17(26(29)30)5-8-19(20)23/h3-8,10,14-15H,9,11-13H2,1-2H3,(H,24,27)/t14-,15-/m0/s1. The van der Waals surface area contributed by atoms with Gasteiger partial charge in [0, 0.05) is 25.2 Å². The average Bonchev–Trinajstić information content (AvgIpc) is 2.78. The second-order valence-corrected chi connectivity index (χ2v) is 10.7. The van der Waals surface area contributed by atoms with Crippen LogP contribution in [0.25, 0.3) is 0 Å². The number of carbonyl (C=O) groups excluding carboxylic acids is 2. The summed E-state index contributed by atoms with van der Waals surface area (Å²) in [5.41, 5.74) is -0.187. The molecule has 2 aromatic carbocycles. The van der Waals surface area contributed by atoms with Gasteiger partial charge < -0.3 is 10.1 Å². The molecule has 34 heavy (non-hydrogen) atoms. The Labute approximate surface area is 202 Å². The molecule has 1 N–H and O–H groups in total. The van der Waals surface area contributed by atoms with E-state index in [2.05, 4.69) is 5.32 Å². The third-order valence-electron chi connectivity index (χ3n) is 5.33. The highest BCUT2D eigenvalue weighted by atomic mass is 35.5. The van der Waals surface area contributed by atoms with E-state index in [1.54, 1.807) is 0 Å². The van der Waals surface area contributed by atoms with E-state index < -0.39 is 33.4 Å². The predicted molar refractivity (Wildman–Crippen MR) is 125 cm³/mol. The molecule has 0 bridgehead atoms. The largest absolute Gasteiger partial charge is 0.452 e. The molecule has 0 aliphatic carbocycles. The van der Waals surface area contributed by atoms with Gasteiger partial charge in [-0.2, -0.15) is 4.31 Å². The molecule has 182 valence electrons. The molecule has 12 heteroatoms. The third kappa shape index (κ3) is 6.10. The molecule has 1 aliphatic rings. The quantitative estimate of drug-likeness (QED) is 0.341. The van der Waals surface area contributed by atoms with Gasteiger partial charge in [0.05, 0.1) is 26.1 Å². The molecule has 0 radical (unpaired) electrons. The number of carbonyl (C=O) groups is 2. The van der Waals surface area contributed by atoms with Crippen molar-refractivity contribution < 1.29 is 27.7 Å². The number of piperidine rings is 1. The lowest BCUT2D eigenvalue weighted by Crippen LogP contribution is -2.42. The smallest absolute Gasteiger partial charge is 0.338 e. The van der Waals surface area contributed by atoms with Gasteiger partial charge in [-0.05, 0) is 48.6 Å². The van der Waals surface area contributed by atoms with Gasteiger partial charge in [-0.25, -0.2) is 13.2 Å². The van der Waals surface area contributed by atoms with E-state index >= 15 is 0 Å². The Morgan fingerprint density at radius 1 is 1.15 bits per heavy atom. The zero-order valence-electron chi connectivity index (χ0n) is 18.6. The van der Waals surface area contributed by atoms with Gasteiger partial charge in [0.15, 0.2) is 6.61 Å². The molecule has 1 saturated heterocycles. The van der Waals surface area contributed by atoms with Crippen molar-refractivity contribution in [1.29, 1.82) is 0 Å². The van der Waals surface area contributed by atoms with Crippen LogP contribution in [0, 0.1) is 22.0 Å². The number of nitro groups is 1. The van der Waals surface area contributed by atoms with Gasteiger partial charge in [-0.1, -0.05) is 25.4 Å². The monoisotopic (exact) mass is 509 g/mol. The van der Waals surface area contributed by atoms with Crippen molar-refractivity contribution in [3.63, 3.8) is 0 Å². The van der Waals surface area contributed by atoms with E-state index in [-0.39, 0.29) is 38.7 Å². The minimum Gasteiger partial charge on any atom is -0.452 e. The first-order valence-electron chi connectivity index (χ1n) is 10.5. The van der Waals surface area contributed by atoms with Crippen molar-refractivity contribution in [1.82, 2.24) is 4.31 Å².